The normalized spacial score (nSPS) is 15.6. The van der Waals surface area contributed by atoms with E-state index in [1.807, 2.05) is 0 Å². The van der Waals surface area contributed by atoms with E-state index in [4.69, 9.17) is 9.47 Å². The summed E-state index contributed by atoms with van der Waals surface area (Å²) in [6.45, 7) is 0. The van der Waals surface area contributed by atoms with Gasteiger partial charge in [-0.3, -0.25) is 0 Å². The summed E-state index contributed by atoms with van der Waals surface area (Å²) < 4.78 is 23.8. The standard InChI is InChI=1S/C17H12FNO3/c1-21-13-8-6-11(7-9-13)16-19-15(17(20)22-16)10-12-4-2-3-5-14(12)18/h2-10H,1H3/b15-10-. The third kappa shape index (κ3) is 2.74. The molecule has 0 atom stereocenters. The van der Waals surface area contributed by atoms with Crippen molar-refractivity contribution >= 4 is 17.9 Å². The van der Waals surface area contributed by atoms with E-state index in [0.717, 1.165) is 0 Å². The summed E-state index contributed by atoms with van der Waals surface area (Å²) in [6.07, 6.45) is 1.37. The van der Waals surface area contributed by atoms with Crippen molar-refractivity contribution in [3.63, 3.8) is 0 Å². The Hall–Kier alpha value is -2.95. The zero-order valence-corrected chi connectivity index (χ0v) is 11.7. The van der Waals surface area contributed by atoms with Gasteiger partial charge < -0.3 is 9.47 Å². The number of cyclic esters (lactones) is 1. The Morgan fingerprint density at radius 3 is 2.55 bits per heavy atom. The van der Waals surface area contributed by atoms with Crippen molar-refractivity contribution in [3.05, 3.63) is 71.2 Å². The molecule has 5 heteroatoms. The Labute approximate surface area is 126 Å². The van der Waals surface area contributed by atoms with Gasteiger partial charge in [-0.05, 0) is 36.4 Å². The summed E-state index contributed by atoms with van der Waals surface area (Å²) in [4.78, 5) is 16.0. The van der Waals surface area contributed by atoms with Crippen LogP contribution in [0.1, 0.15) is 11.1 Å². The van der Waals surface area contributed by atoms with Crippen LogP contribution in [0, 0.1) is 5.82 Å². The number of carbonyl (C=O) groups excluding carboxylic acids is 1. The molecular formula is C17H12FNO3. The number of ether oxygens (including phenoxy) is 2. The quantitative estimate of drug-likeness (QED) is 0.646. The number of hydrogen-bond donors (Lipinski definition) is 0. The molecule has 0 unspecified atom stereocenters. The van der Waals surface area contributed by atoms with E-state index >= 15 is 0 Å². The molecule has 0 amide bonds. The maximum atomic E-state index is 13.6. The number of esters is 1. The molecule has 3 rings (SSSR count). The van der Waals surface area contributed by atoms with Gasteiger partial charge in [0.25, 0.3) is 0 Å². The van der Waals surface area contributed by atoms with E-state index < -0.39 is 11.8 Å². The summed E-state index contributed by atoms with van der Waals surface area (Å²) in [6, 6.07) is 13.1. The topological polar surface area (TPSA) is 47.9 Å². The van der Waals surface area contributed by atoms with Gasteiger partial charge in [0.05, 0.1) is 7.11 Å². The molecule has 110 valence electrons. The maximum Gasteiger partial charge on any atom is 0.363 e. The molecule has 1 heterocycles. The monoisotopic (exact) mass is 297 g/mol. The second-order valence-corrected chi connectivity index (χ2v) is 4.59. The zero-order chi connectivity index (χ0) is 15.5. The second-order valence-electron chi connectivity index (χ2n) is 4.59. The van der Waals surface area contributed by atoms with Gasteiger partial charge in [-0.1, -0.05) is 18.2 Å². The smallest absolute Gasteiger partial charge is 0.363 e. The minimum Gasteiger partial charge on any atom is -0.497 e. The Bertz CT molecular complexity index is 779. The number of carbonyl (C=O) groups is 1. The van der Waals surface area contributed by atoms with Gasteiger partial charge in [0, 0.05) is 11.1 Å². The van der Waals surface area contributed by atoms with E-state index in [-0.39, 0.29) is 17.2 Å². The largest absolute Gasteiger partial charge is 0.497 e. The summed E-state index contributed by atoms with van der Waals surface area (Å²) in [5.41, 5.74) is 0.996. The highest BCUT2D eigenvalue weighted by molar-refractivity contribution is 6.12. The fourth-order valence-electron chi connectivity index (χ4n) is 2.01. The summed E-state index contributed by atoms with van der Waals surface area (Å²) >= 11 is 0. The van der Waals surface area contributed by atoms with E-state index in [9.17, 15) is 9.18 Å². The SMILES string of the molecule is COc1ccc(C2=N/C(=C\c3ccccc3F)C(=O)O2)cc1. The van der Waals surface area contributed by atoms with Crippen LogP contribution in [0.5, 0.6) is 5.75 Å². The summed E-state index contributed by atoms with van der Waals surface area (Å²) in [7, 11) is 1.57. The molecular weight excluding hydrogens is 285 g/mol. The highest BCUT2D eigenvalue weighted by atomic mass is 19.1. The lowest BCUT2D eigenvalue weighted by molar-refractivity contribution is -0.129. The van der Waals surface area contributed by atoms with Crippen molar-refractivity contribution in [1.82, 2.24) is 0 Å². The van der Waals surface area contributed by atoms with E-state index in [0.29, 0.717) is 11.3 Å². The Kier molecular flexibility index (Phi) is 3.70. The lowest BCUT2D eigenvalue weighted by Crippen LogP contribution is -2.05. The predicted molar refractivity (Wildman–Crippen MR) is 80.0 cm³/mol. The number of nitrogens with zero attached hydrogens (tertiary/aromatic N) is 1. The lowest BCUT2D eigenvalue weighted by Gasteiger charge is -2.01. The van der Waals surface area contributed by atoms with Gasteiger partial charge in [-0.2, -0.15) is 0 Å². The molecule has 0 saturated carbocycles. The van der Waals surface area contributed by atoms with Crippen LogP contribution < -0.4 is 4.74 Å². The molecule has 1 aliphatic rings. The molecule has 2 aromatic carbocycles. The Morgan fingerprint density at radius 2 is 1.86 bits per heavy atom. The molecule has 0 N–H and O–H groups in total. The first-order chi connectivity index (χ1) is 10.7. The van der Waals surface area contributed by atoms with E-state index in [2.05, 4.69) is 4.99 Å². The molecule has 2 aromatic rings. The molecule has 0 saturated heterocycles. The number of methoxy groups -OCH3 is 1. The van der Waals surface area contributed by atoms with E-state index in [1.54, 1.807) is 49.6 Å². The molecule has 0 spiro atoms. The highest BCUT2D eigenvalue weighted by Gasteiger charge is 2.24. The van der Waals surface area contributed by atoms with Gasteiger partial charge in [0.1, 0.15) is 11.6 Å². The zero-order valence-electron chi connectivity index (χ0n) is 11.7. The molecule has 0 fully saturated rings. The number of hydrogen-bond acceptors (Lipinski definition) is 4. The molecule has 0 radical (unpaired) electrons. The minimum atomic E-state index is -0.603. The number of benzene rings is 2. The highest BCUT2D eigenvalue weighted by Crippen LogP contribution is 2.21. The van der Waals surface area contributed by atoms with Gasteiger partial charge >= 0.3 is 5.97 Å². The first-order valence-corrected chi connectivity index (χ1v) is 6.59. The van der Waals surface area contributed by atoms with Crippen molar-refractivity contribution in [1.29, 1.82) is 0 Å². The lowest BCUT2D eigenvalue weighted by atomic mass is 10.2. The van der Waals surface area contributed by atoms with Crippen LogP contribution in [0.2, 0.25) is 0 Å². The van der Waals surface area contributed by atoms with Gasteiger partial charge in [-0.15, -0.1) is 0 Å². The van der Waals surface area contributed by atoms with E-state index in [1.165, 1.54) is 12.1 Å². The number of rotatable bonds is 3. The van der Waals surface area contributed by atoms with Crippen LogP contribution in [0.25, 0.3) is 6.08 Å². The van der Waals surface area contributed by atoms with Gasteiger partial charge in [0.15, 0.2) is 5.70 Å². The first kappa shape index (κ1) is 14.0. The Balaban J connectivity index is 1.92. The van der Waals surface area contributed by atoms with Crippen LogP contribution in [-0.2, 0) is 9.53 Å². The molecule has 0 bridgehead atoms. The van der Waals surface area contributed by atoms with Crippen LogP contribution >= 0.6 is 0 Å². The Morgan fingerprint density at radius 1 is 1.14 bits per heavy atom. The average molecular weight is 297 g/mol. The van der Waals surface area contributed by atoms with Crippen LogP contribution in [0.15, 0.2) is 59.2 Å². The third-order valence-electron chi connectivity index (χ3n) is 3.15. The minimum absolute atomic E-state index is 0.0657. The molecule has 1 aliphatic heterocycles. The first-order valence-electron chi connectivity index (χ1n) is 6.59. The maximum absolute atomic E-state index is 13.6. The average Bonchev–Trinajstić information content (AvgIpc) is 2.91. The third-order valence-corrected chi connectivity index (χ3v) is 3.15. The van der Waals surface area contributed by atoms with Crippen LogP contribution in [0.3, 0.4) is 0 Å². The molecule has 0 aliphatic carbocycles. The van der Waals surface area contributed by atoms with Gasteiger partial charge in [0.2, 0.25) is 5.90 Å². The fourth-order valence-corrected chi connectivity index (χ4v) is 2.01. The van der Waals surface area contributed by atoms with Crippen molar-refractivity contribution in [2.75, 3.05) is 7.11 Å². The summed E-state index contributed by atoms with van der Waals surface area (Å²) in [5, 5.41) is 0. The van der Waals surface area contributed by atoms with Crippen molar-refractivity contribution in [2.24, 2.45) is 4.99 Å². The number of aliphatic imine (C=N–C) groups is 1. The molecule has 4 nitrogen and oxygen atoms in total. The van der Waals surface area contributed by atoms with Gasteiger partial charge in [-0.25, -0.2) is 14.2 Å². The van der Waals surface area contributed by atoms with Crippen LogP contribution in [-0.4, -0.2) is 19.0 Å². The second kappa shape index (κ2) is 5.81. The van der Waals surface area contributed by atoms with Crippen LogP contribution in [0.4, 0.5) is 4.39 Å². The van der Waals surface area contributed by atoms with Crippen molar-refractivity contribution in [3.8, 4) is 5.75 Å². The summed E-state index contributed by atoms with van der Waals surface area (Å²) in [5.74, 6) is -0.143. The predicted octanol–water partition coefficient (Wildman–Crippen LogP) is 3.18. The molecule has 22 heavy (non-hydrogen) atoms. The van der Waals surface area contributed by atoms with Crippen molar-refractivity contribution < 1.29 is 18.7 Å². The fraction of sp³-hybridized carbons (Fsp3) is 0.0588. The number of halogens is 1. The van der Waals surface area contributed by atoms with Crippen molar-refractivity contribution in [2.45, 2.75) is 0 Å². The molecule has 0 aromatic heterocycles.